The van der Waals surface area contributed by atoms with E-state index in [0.29, 0.717) is 37.8 Å². The lowest BCUT2D eigenvalue weighted by Crippen LogP contribution is -2.40. The van der Waals surface area contributed by atoms with E-state index in [0.717, 1.165) is 47.4 Å². The van der Waals surface area contributed by atoms with Gasteiger partial charge < -0.3 is 14.2 Å². The van der Waals surface area contributed by atoms with Crippen molar-refractivity contribution in [2.24, 2.45) is 0 Å². The first-order chi connectivity index (χ1) is 16.9. The summed E-state index contributed by atoms with van der Waals surface area (Å²) < 4.78 is 8.17. The normalized spacial score (nSPS) is 18.5. The van der Waals surface area contributed by atoms with Crippen LogP contribution >= 0.6 is 0 Å². The van der Waals surface area contributed by atoms with Crippen LogP contribution < -0.4 is 10.1 Å². The predicted molar refractivity (Wildman–Crippen MR) is 134 cm³/mol. The highest BCUT2D eigenvalue weighted by Crippen LogP contribution is 2.37. The van der Waals surface area contributed by atoms with Crippen molar-refractivity contribution in [3.05, 3.63) is 59.9 Å². The molecule has 2 amide bonds. The number of pyridine rings is 1. The summed E-state index contributed by atoms with van der Waals surface area (Å²) in [5.41, 5.74) is 4.06. The first-order valence-electron chi connectivity index (χ1n) is 11.9. The number of rotatable bonds is 4. The number of nitrogens with one attached hydrogen (secondary N) is 1. The number of hydrogen-bond acceptors (Lipinski definition) is 6. The second-order valence-corrected chi connectivity index (χ2v) is 9.23. The van der Waals surface area contributed by atoms with Crippen molar-refractivity contribution in [2.45, 2.75) is 32.4 Å². The molecule has 0 spiro atoms. The molecular weight excluding hydrogens is 444 g/mol. The molecule has 0 bridgehead atoms. The fourth-order valence-electron chi connectivity index (χ4n) is 4.99. The number of benzene rings is 1. The molecule has 1 N–H and O–H groups in total. The quantitative estimate of drug-likeness (QED) is 0.584. The minimum Gasteiger partial charge on any atom is -0.492 e. The Morgan fingerprint density at radius 1 is 1.26 bits per heavy atom. The lowest BCUT2D eigenvalue weighted by molar-refractivity contribution is -0.127. The minimum atomic E-state index is -0.249. The van der Waals surface area contributed by atoms with Crippen LogP contribution in [0.3, 0.4) is 0 Å². The SMILES string of the molecule is C=CC(=O)N1CCC[C@@H](n2c(NC(=O)c3ccnc(C)c3)nc3ccc4c(c32)CN(C)CCO4)C1. The number of fused-ring (bicyclic) bond motifs is 3. The van der Waals surface area contributed by atoms with Crippen molar-refractivity contribution in [1.82, 2.24) is 24.3 Å². The number of anilines is 1. The van der Waals surface area contributed by atoms with E-state index in [1.165, 1.54) is 6.08 Å². The van der Waals surface area contributed by atoms with Gasteiger partial charge in [0.15, 0.2) is 0 Å². The molecule has 0 unspecified atom stereocenters. The van der Waals surface area contributed by atoms with Crippen LogP contribution in [0.2, 0.25) is 0 Å². The zero-order valence-corrected chi connectivity index (χ0v) is 20.2. The van der Waals surface area contributed by atoms with Crippen molar-refractivity contribution < 1.29 is 14.3 Å². The summed E-state index contributed by atoms with van der Waals surface area (Å²) in [5.74, 6) is 0.971. The fourth-order valence-corrected chi connectivity index (χ4v) is 4.99. The standard InChI is InChI=1S/C26H30N6O3/c1-4-23(33)31-11-5-6-19(15-31)32-24-20-16-30(3)12-13-35-22(20)8-7-21(24)28-26(32)29-25(34)18-9-10-27-17(2)14-18/h4,7-10,14,19H,1,5-6,11-13,15-16H2,2-3H3,(H,28,29,34)/t19-/m1/s1. The van der Waals surface area contributed by atoms with Gasteiger partial charge in [0.25, 0.3) is 5.91 Å². The van der Waals surface area contributed by atoms with Gasteiger partial charge in [0.05, 0.1) is 17.1 Å². The number of amides is 2. The monoisotopic (exact) mass is 474 g/mol. The largest absolute Gasteiger partial charge is 0.492 e. The number of aromatic nitrogens is 3. The molecule has 2 aliphatic heterocycles. The molecule has 9 nitrogen and oxygen atoms in total. The maximum absolute atomic E-state index is 13.2. The van der Waals surface area contributed by atoms with Crippen molar-refractivity contribution >= 4 is 28.8 Å². The van der Waals surface area contributed by atoms with Crippen molar-refractivity contribution in [3.63, 3.8) is 0 Å². The molecule has 182 valence electrons. The molecule has 1 saturated heterocycles. The summed E-state index contributed by atoms with van der Waals surface area (Å²) in [5, 5.41) is 3.04. The van der Waals surface area contributed by atoms with E-state index in [-0.39, 0.29) is 17.9 Å². The number of carbonyl (C=O) groups is 2. The third-order valence-electron chi connectivity index (χ3n) is 6.70. The van der Waals surface area contributed by atoms with Gasteiger partial charge in [-0.25, -0.2) is 4.98 Å². The van der Waals surface area contributed by atoms with E-state index in [2.05, 4.69) is 33.4 Å². The summed E-state index contributed by atoms with van der Waals surface area (Å²) in [7, 11) is 2.07. The van der Waals surface area contributed by atoms with E-state index >= 15 is 0 Å². The van der Waals surface area contributed by atoms with Crippen LogP contribution in [-0.4, -0.2) is 69.4 Å². The van der Waals surface area contributed by atoms with E-state index < -0.39 is 0 Å². The van der Waals surface area contributed by atoms with Crippen molar-refractivity contribution in [2.75, 3.05) is 38.6 Å². The van der Waals surface area contributed by atoms with Crippen molar-refractivity contribution in [1.29, 1.82) is 0 Å². The first-order valence-corrected chi connectivity index (χ1v) is 11.9. The Balaban J connectivity index is 1.63. The predicted octanol–water partition coefficient (Wildman–Crippen LogP) is 3.17. The number of aryl methyl sites for hydroxylation is 1. The summed E-state index contributed by atoms with van der Waals surface area (Å²) in [6.45, 7) is 8.85. The van der Waals surface area contributed by atoms with Gasteiger partial charge in [-0.1, -0.05) is 6.58 Å². The molecular formula is C26H30N6O3. The molecule has 1 atom stereocenters. The third-order valence-corrected chi connectivity index (χ3v) is 6.70. The molecule has 35 heavy (non-hydrogen) atoms. The molecule has 1 fully saturated rings. The topological polar surface area (TPSA) is 92.6 Å². The van der Waals surface area contributed by atoms with Crippen LogP contribution in [0, 0.1) is 6.92 Å². The summed E-state index contributed by atoms with van der Waals surface area (Å²) >= 11 is 0. The zero-order chi connectivity index (χ0) is 24.5. The highest BCUT2D eigenvalue weighted by Gasteiger charge is 2.30. The maximum Gasteiger partial charge on any atom is 0.258 e. The van der Waals surface area contributed by atoms with Gasteiger partial charge in [0, 0.05) is 49.2 Å². The Kier molecular flexibility index (Phi) is 6.25. The van der Waals surface area contributed by atoms with Gasteiger partial charge in [0.2, 0.25) is 11.9 Å². The summed E-state index contributed by atoms with van der Waals surface area (Å²) in [6, 6.07) is 7.29. The number of carbonyl (C=O) groups excluding carboxylic acids is 2. The highest BCUT2D eigenvalue weighted by atomic mass is 16.5. The Bertz CT molecular complexity index is 1300. The number of imidazole rings is 1. The number of ether oxygens (including phenoxy) is 1. The maximum atomic E-state index is 13.2. The molecule has 0 saturated carbocycles. The van der Waals surface area contributed by atoms with E-state index in [9.17, 15) is 9.59 Å². The van der Waals surface area contributed by atoms with Gasteiger partial charge in [-0.05, 0) is 57.2 Å². The number of likely N-dealkylation sites (N-methyl/N-ethyl adjacent to an activating group) is 1. The van der Waals surface area contributed by atoms with Crippen LogP contribution in [0.15, 0.2) is 43.1 Å². The van der Waals surface area contributed by atoms with Gasteiger partial charge in [-0.3, -0.25) is 24.8 Å². The summed E-state index contributed by atoms with van der Waals surface area (Å²) in [6.07, 6.45) is 4.70. The smallest absolute Gasteiger partial charge is 0.258 e. The van der Waals surface area contributed by atoms with Crippen LogP contribution in [0.5, 0.6) is 5.75 Å². The van der Waals surface area contributed by atoms with Crippen molar-refractivity contribution in [3.8, 4) is 5.75 Å². The van der Waals surface area contributed by atoms with E-state index in [1.54, 1.807) is 18.3 Å². The Morgan fingerprint density at radius 3 is 2.91 bits per heavy atom. The number of likely N-dealkylation sites (tertiary alicyclic amines) is 1. The highest BCUT2D eigenvalue weighted by molar-refractivity contribution is 6.04. The summed E-state index contributed by atoms with van der Waals surface area (Å²) in [4.78, 5) is 38.7. The Hall–Kier alpha value is -3.72. The van der Waals surface area contributed by atoms with Crippen LogP contribution in [0.1, 0.15) is 40.5 Å². The molecule has 2 aromatic heterocycles. The Labute approximate surface area is 204 Å². The van der Waals surface area contributed by atoms with Gasteiger partial charge in [-0.15, -0.1) is 0 Å². The van der Waals surface area contributed by atoms with Gasteiger partial charge in [0.1, 0.15) is 12.4 Å². The lowest BCUT2D eigenvalue weighted by atomic mass is 10.0. The molecule has 3 aromatic rings. The third kappa shape index (κ3) is 4.51. The first kappa shape index (κ1) is 23.0. The Morgan fingerprint density at radius 2 is 2.11 bits per heavy atom. The molecule has 0 aliphatic carbocycles. The van der Waals surface area contributed by atoms with Gasteiger partial charge in [-0.2, -0.15) is 0 Å². The molecule has 5 rings (SSSR count). The zero-order valence-electron chi connectivity index (χ0n) is 20.2. The van der Waals surface area contributed by atoms with E-state index in [1.807, 2.05) is 24.0 Å². The van der Waals surface area contributed by atoms with Crippen LogP contribution in [-0.2, 0) is 11.3 Å². The second kappa shape index (κ2) is 9.50. The van der Waals surface area contributed by atoms with Gasteiger partial charge >= 0.3 is 0 Å². The lowest BCUT2D eigenvalue weighted by Gasteiger charge is -2.34. The minimum absolute atomic E-state index is 0.0489. The fraction of sp³-hybridized carbons (Fsp3) is 0.385. The van der Waals surface area contributed by atoms with Crippen LogP contribution in [0.4, 0.5) is 5.95 Å². The van der Waals surface area contributed by atoms with E-state index in [4.69, 9.17) is 9.72 Å². The number of hydrogen-bond donors (Lipinski definition) is 1. The number of nitrogens with zero attached hydrogens (tertiary/aromatic N) is 5. The molecule has 2 aliphatic rings. The molecule has 9 heteroatoms. The molecule has 1 aromatic carbocycles. The average molecular weight is 475 g/mol. The molecule has 4 heterocycles. The second-order valence-electron chi connectivity index (χ2n) is 9.23. The molecule has 0 radical (unpaired) electrons. The average Bonchev–Trinajstić information content (AvgIpc) is 3.11. The van der Waals surface area contributed by atoms with Crippen LogP contribution in [0.25, 0.3) is 11.0 Å². The number of piperidine rings is 1.